The van der Waals surface area contributed by atoms with Gasteiger partial charge in [-0.05, 0) is 35.4 Å². The summed E-state index contributed by atoms with van der Waals surface area (Å²) in [5.74, 6) is -0.657. The Morgan fingerprint density at radius 2 is 1.31 bits per heavy atom. The second-order valence-electron chi connectivity index (χ2n) is 6.92. The van der Waals surface area contributed by atoms with E-state index in [0.717, 1.165) is 16.9 Å². The maximum absolute atomic E-state index is 13.0. The Morgan fingerprint density at radius 1 is 0.781 bits per heavy atom. The molecule has 32 heavy (non-hydrogen) atoms. The molecule has 0 aliphatic carbocycles. The van der Waals surface area contributed by atoms with Crippen LogP contribution in [0.3, 0.4) is 0 Å². The van der Waals surface area contributed by atoms with Crippen molar-refractivity contribution in [3.05, 3.63) is 108 Å². The number of hydrogen-bond acceptors (Lipinski definition) is 5. The largest absolute Gasteiger partial charge is 0.464 e. The first-order valence-electron chi connectivity index (χ1n) is 9.85. The first-order valence-corrected chi connectivity index (χ1v) is 9.85. The monoisotopic (exact) mass is 430 g/mol. The van der Waals surface area contributed by atoms with E-state index in [9.17, 15) is 14.0 Å². The molecule has 0 spiro atoms. The zero-order valence-corrected chi connectivity index (χ0v) is 16.9. The number of nitrogens with one attached hydrogen (secondary N) is 2. The van der Waals surface area contributed by atoms with Gasteiger partial charge in [0.05, 0.1) is 6.26 Å². The van der Waals surface area contributed by atoms with Crippen molar-refractivity contribution in [2.45, 2.75) is 13.1 Å². The van der Waals surface area contributed by atoms with E-state index >= 15 is 0 Å². The molecule has 2 heterocycles. The summed E-state index contributed by atoms with van der Waals surface area (Å²) < 4.78 is 18.4. The van der Waals surface area contributed by atoms with Gasteiger partial charge in [0.15, 0.2) is 11.4 Å². The van der Waals surface area contributed by atoms with E-state index in [1.807, 2.05) is 36.4 Å². The standard InChI is InChI=1S/C24H19FN4O3/c25-19-9-5-17(6-10-19)15-29-24(31)22-21(26-11-12-27-22)23(30)28-14-16-3-7-18(8-4-16)20-2-1-13-32-20/h1-13H,14-15H2,(H,28,30)(H,29,31). The van der Waals surface area contributed by atoms with Crippen LogP contribution >= 0.6 is 0 Å². The molecule has 4 aromatic rings. The van der Waals surface area contributed by atoms with Crippen molar-refractivity contribution in [1.82, 2.24) is 20.6 Å². The topological polar surface area (TPSA) is 97.1 Å². The molecule has 2 aromatic carbocycles. The molecular formula is C24H19FN4O3. The van der Waals surface area contributed by atoms with Crippen LogP contribution in [0.15, 0.2) is 83.7 Å². The lowest BCUT2D eigenvalue weighted by molar-refractivity contribution is 0.0908. The quantitative estimate of drug-likeness (QED) is 0.466. The number of rotatable bonds is 7. The van der Waals surface area contributed by atoms with Gasteiger partial charge in [-0.15, -0.1) is 0 Å². The fourth-order valence-corrected chi connectivity index (χ4v) is 3.03. The SMILES string of the molecule is O=C(NCc1ccc(F)cc1)c1nccnc1C(=O)NCc1ccc(-c2ccco2)cc1. The average molecular weight is 430 g/mol. The van der Waals surface area contributed by atoms with Crippen LogP contribution in [-0.2, 0) is 13.1 Å². The molecule has 4 rings (SSSR count). The van der Waals surface area contributed by atoms with E-state index < -0.39 is 11.8 Å². The molecule has 2 N–H and O–H groups in total. The summed E-state index contributed by atoms with van der Waals surface area (Å²) in [6, 6.07) is 17.0. The van der Waals surface area contributed by atoms with Gasteiger partial charge in [0, 0.05) is 31.0 Å². The number of carbonyl (C=O) groups is 2. The number of nitrogens with zero attached hydrogens (tertiary/aromatic N) is 2. The molecule has 0 unspecified atom stereocenters. The lowest BCUT2D eigenvalue weighted by Gasteiger charge is -2.09. The van der Waals surface area contributed by atoms with Crippen molar-refractivity contribution in [3.63, 3.8) is 0 Å². The maximum Gasteiger partial charge on any atom is 0.272 e. The number of amides is 2. The van der Waals surface area contributed by atoms with Gasteiger partial charge in [-0.1, -0.05) is 36.4 Å². The molecule has 0 radical (unpaired) electrons. The average Bonchev–Trinajstić information content (AvgIpc) is 3.37. The minimum Gasteiger partial charge on any atom is -0.464 e. The van der Waals surface area contributed by atoms with Gasteiger partial charge >= 0.3 is 0 Å². The normalized spacial score (nSPS) is 10.5. The van der Waals surface area contributed by atoms with Crippen LogP contribution in [0.25, 0.3) is 11.3 Å². The number of benzene rings is 2. The van der Waals surface area contributed by atoms with Gasteiger partial charge in [-0.2, -0.15) is 0 Å². The van der Waals surface area contributed by atoms with Gasteiger partial charge in [0.2, 0.25) is 0 Å². The van der Waals surface area contributed by atoms with Crippen LogP contribution in [0, 0.1) is 5.82 Å². The number of aromatic nitrogens is 2. The molecule has 8 heteroatoms. The first-order chi connectivity index (χ1) is 15.6. The number of hydrogen-bond donors (Lipinski definition) is 2. The number of halogens is 1. The molecule has 2 amide bonds. The molecule has 0 bridgehead atoms. The highest BCUT2D eigenvalue weighted by Crippen LogP contribution is 2.20. The predicted octanol–water partition coefficient (Wildman–Crippen LogP) is 3.74. The number of carbonyl (C=O) groups excluding carboxylic acids is 2. The maximum atomic E-state index is 13.0. The Labute approximate surface area is 183 Å². The molecule has 0 fully saturated rings. The highest BCUT2D eigenvalue weighted by molar-refractivity contribution is 6.04. The highest BCUT2D eigenvalue weighted by Gasteiger charge is 2.19. The summed E-state index contributed by atoms with van der Waals surface area (Å²) in [5.41, 5.74) is 2.36. The minimum absolute atomic E-state index is 0.0729. The van der Waals surface area contributed by atoms with Crippen LogP contribution in [0.4, 0.5) is 4.39 Å². The molecular weight excluding hydrogens is 411 g/mol. The van der Waals surface area contributed by atoms with Crippen molar-refractivity contribution >= 4 is 11.8 Å². The van der Waals surface area contributed by atoms with Gasteiger partial charge < -0.3 is 15.1 Å². The molecule has 2 aromatic heterocycles. The van der Waals surface area contributed by atoms with E-state index in [1.54, 1.807) is 18.4 Å². The molecule has 0 aliphatic rings. The Bertz CT molecular complexity index is 1210. The van der Waals surface area contributed by atoms with Crippen LogP contribution in [0.1, 0.15) is 32.1 Å². The van der Waals surface area contributed by atoms with Gasteiger partial charge in [0.1, 0.15) is 11.6 Å². The molecule has 7 nitrogen and oxygen atoms in total. The zero-order chi connectivity index (χ0) is 22.3. The lowest BCUT2D eigenvalue weighted by atomic mass is 10.1. The van der Waals surface area contributed by atoms with Crippen LogP contribution in [-0.4, -0.2) is 21.8 Å². The summed E-state index contributed by atoms with van der Waals surface area (Å²) in [7, 11) is 0. The molecule has 160 valence electrons. The molecule has 0 saturated carbocycles. The molecule has 0 aliphatic heterocycles. The van der Waals surface area contributed by atoms with E-state index in [4.69, 9.17) is 4.42 Å². The molecule has 0 atom stereocenters. The van der Waals surface area contributed by atoms with E-state index in [-0.39, 0.29) is 30.3 Å². The summed E-state index contributed by atoms with van der Waals surface area (Å²) in [6.45, 7) is 0.420. The van der Waals surface area contributed by atoms with Crippen molar-refractivity contribution in [2.24, 2.45) is 0 Å². The summed E-state index contributed by atoms with van der Waals surface area (Å²) >= 11 is 0. The van der Waals surface area contributed by atoms with E-state index in [1.165, 1.54) is 24.5 Å². The highest BCUT2D eigenvalue weighted by atomic mass is 19.1. The summed E-state index contributed by atoms with van der Waals surface area (Å²) in [6.07, 6.45) is 4.30. The minimum atomic E-state index is -0.546. The molecule has 0 saturated heterocycles. The third kappa shape index (κ3) is 5.04. The second kappa shape index (κ2) is 9.65. The number of furan rings is 1. The Kier molecular flexibility index (Phi) is 6.31. The van der Waals surface area contributed by atoms with Crippen LogP contribution < -0.4 is 10.6 Å². The predicted molar refractivity (Wildman–Crippen MR) is 115 cm³/mol. The zero-order valence-electron chi connectivity index (χ0n) is 16.9. The Hall–Kier alpha value is -4.33. The van der Waals surface area contributed by atoms with Crippen molar-refractivity contribution in [3.8, 4) is 11.3 Å². The van der Waals surface area contributed by atoms with Crippen LogP contribution in [0.2, 0.25) is 0 Å². The van der Waals surface area contributed by atoms with Crippen molar-refractivity contribution < 1.29 is 18.4 Å². The smallest absolute Gasteiger partial charge is 0.272 e. The summed E-state index contributed by atoms with van der Waals surface area (Å²) in [4.78, 5) is 33.3. The van der Waals surface area contributed by atoms with Crippen molar-refractivity contribution in [1.29, 1.82) is 0 Å². The van der Waals surface area contributed by atoms with E-state index in [0.29, 0.717) is 5.56 Å². The van der Waals surface area contributed by atoms with Gasteiger partial charge in [-0.3, -0.25) is 9.59 Å². The first kappa shape index (κ1) is 20.9. The van der Waals surface area contributed by atoms with Gasteiger partial charge in [0.25, 0.3) is 11.8 Å². The second-order valence-corrected chi connectivity index (χ2v) is 6.92. The fourth-order valence-electron chi connectivity index (χ4n) is 3.03. The van der Waals surface area contributed by atoms with E-state index in [2.05, 4.69) is 20.6 Å². The Morgan fingerprint density at radius 3 is 1.81 bits per heavy atom. The third-order valence-corrected chi connectivity index (χ3v) is 4.71. The Balaban J connectivity index is 1.38. The van der Waals surface area contributed by atoms with Crippen molar-refractivity contribution in [2.75, 3.05) is 0 Å². The fraction of sp³-hybridized carbons (Fsp3) is 0.0833. The van der Waals surface area contributed by atoms with Gasteiger partial charge in [-0.25, -0.2) is 14.4 Å². The van der Waals surface area contributed by atoms with Crippen LogP contribution in [0.5, 0.6) is 0 Å². The lowest BCUT2D eigenvalue weighted by Crippen LogP contribution is -2.31. The summed E-state index contributed by atoms with van der Waals surface area (Å²) in [5, 5.41) is 5.43. The third-order valence-electron chi connectivity index (χ3n) is 4.71.